The Kier molecular flexibility index (Phi) is 5.11. The fourth-order valence-corrected chi connectivity index (χ4v) is 1.82. The number of carbonyl (C=O) groups excluding carboxylic acids is 1. The Morgan fingerprint density at radius 2 is 2.22 bits per heavy atom. The Morgan fingerprint density at radius 3 is 2.72 bits per heavy atom. The van der Waals surface area contributed by atoms with Crippen LogP contribution in [0.5, 0.6) is 0 Å². The van der Waals surface area contributed by atoms with E-state index in [-0.39, 0.29) is 35.5 Å². The van der Waals surface area contributed by atoms with Crippen molar-refractivity contribution in [3.05, 3.63) is 34.6 Å². The molecule has 1 aromatic rings. The van der Waals surface area contributed by atoms with Gasteiger partial charge in [0, 0.05) is 16.6 Å². The van der Waals surface area contributed by atoms with Crippen molar-refractivity contribution in [1.82, 2.24) is 4.90 Å². The van der Waals surface area contributed by atoms with E-state index in [1.54, 1.807) is 13.8 Å². The smallest absolute Gasteiger partial charge is 0.228 e. The van der Waals surface area contributed by atoms with Crippen molar-refractivity contribution < 1.29 is 9.18 Å². The van der Waals surface area contributed by atoms with Gasteiger partial charge in [-0.3, -0.25) is 4.79 Å². The van der Waals surface area contributed by atoms with Crippen LogP contribution in [0.15, 0.2) is 18.2 Å². The SMILES string of the molecule is CC(C)N(CC#N)C(=O)Cc1c(F)cccc1Cl. The molecule has 96 valence electrons. The molecule has 0 saturated heterocycles. The van der Waals surface area contributed by atoms with E-state index in [0.717, 1.165) is 0 Å². The molecule has 3 nitrogen and oxygen atoms in total. The molecule has 0 N–H and O–H groups in total. The topological polar surface area (TPSA) is 44.1 Å². The first kappa shape index (κ1) is 14.5. The zero-order valence-corrected chi connectivity index (χ0v) is 11.0. The Labute approximate surface area is 111 Å². The van der Waals surface area contributed by atoms with Crippen molar-refractivity contribution in [3.63, 3.8) is 0 Å². The predicted molar refractivity (Wildman–Crippen MR) is 67.6 cm³/mol. The maximum absolute atomic E-state index is 13.5. The Hall–Kier alpha value is -1.60. The molecule has 0 bridgehead atoms. The highest BCUT2D eigenvalue weighted by Crippen LogP contribution is 2.20. The van der Waals surface area contributed by atoms with E-state index in [1.165, 1.54) is 23.1 Å². The minimum absolute atomic E-state index is 0.0113. The summed E-state index contributed by atoms with van der Waals surface area (Å²) in [7, 11) is 0. The summed E-state index contributed by atoms with van der Waals surface area (Å²) in [5.41, 5.74) is 0.174. The highest BCUT2D eigenvalue weighted by molar-refractivity contribution is 6.31. The molecule has 0 aliphatic carbocycles. The minimum atomic E-state index is -0.503. The predicted octanol–water partition coefficient (Wildman–Crippen LogP) is 2.78. The van der Waals surface area contributed by atoms with Crippen molar-refractivity contribution in [2.24, 2.45) is 0 Å². The molecule has 1 aromatic carbocycles. The lowest BCUT2D eigenvalue weighted by molar-refractivity contribution is -0.131. The highest BCUT2D eigenvalue weighted by atomic mass is 35.5. The van der Waals surface area contributed by atoms with Gasteiger partial charge in [-0.15, -0.1) is 0 Å². The van der Waals surface area contributed by atoms with Crippen LogP contribution in [0.4, 0.5) is 4.39 Å². The molecular formula is C13H14ClFN2O. The molecule has 0 aliphatic rings. The zero-order chi connectivity index (χ0) is 13.7. The van der Waals surface area contributed by atoms with Gasteiger partial charge in [-0.05, 0) is 26.0 Å². The fraction of sp³-hybridized carbons (Fsp3) is 0.385. The summed E-state index contributed by atoms with van der Waals surface area (Å²) in [6.07, 6.45) is -0.134. The van der Waals surface area contributed by atoms with Crippen LogP contribution < -0.4 is 0 Å². The molecule has 0 unspecified atom stereocenters. The minimum Gasteiger partial charge on any atom is -0.327 e. The lowest BCUT2D eigenvalue weighted by atomic mass is 10.1. The number of nitriles is 1. The molecule has 0 fully saturated rings. The number of rotatable bonds is 4. The molecule has 1 rings (SSSR count). The average Bonchev–Trinajstić information content (AvgIpc) is 2.30. The van der Waals surface area contributed by atoms with Crippen molar-refractivity contribution in [1.29, 1.82) is 5.26 Å². The second-order valence-electron chi connectivity index (χ2n) is 4.15. The molecule has 0 spiro atoms. The van der Waals surface area contributed by atoms with Crippen LogP contribution in [-0.2, 0) is 11.2 Å². The third kappa shape index (κ3) is 3.44. The Bertz CT molecular complexity index is 462. The molecular weight excluding hydrogens is 255 g/mol. The van der Waals surface area contributed by atoms with Crippen LogP contribution in [0.25, 0.3) is 0 Å². The van der Waals surface area contributed by atoms with Gasteiger partial charge in [0.2, 0.25) is 5.91 Å². The molecule has 0 aliphatic heterocycles. The summed E-state index contributed by atoms with van der Waals surface area (Å²) in [6, 6.07) is 6.10. The van der Waals surface area contributed by atoms with Crippen molar-refractivity contribution in [2.45, 2.75) is 26.3 Å². The Morgan fingerprint density at radius 1 is 1.56 bits per heavy atom. The first-order valence-electron chi connectivity index (χ1n) is 5.56. The van der Waals surface area contributed by atoms with E-state index < -0.39 is 5.82 Å². The standard InChI is InChI=1S/C13H14ClFN2O/c1-9(2)17(7-6-16)13(18)8-10-11(14)4-3-5-12(10)15/h3-5,9H,7-8H2,1-2H3. The highest BCUT2D eigenvalue weighted by Gasteiger charge is 2.19. The number of amides is 1. The number of hydrogen-bond acceptors (Lipinski definition) is 2. The van der Waals surface area contributed by atoms with Gasteiger partial charge in [0.15, 0.2) is 0 Å². The second kappa shape index (κ2) is 6.36. The fourth-order valence-electron chi connectivity index (χ4n) is 1.59. The normalized spacial score (nSPS) is 10.2. The molecule has 0 heterocycles. The maximum Gasteiger partial charge on any atom is 0.228 e. The summed E-state index contributed by atoms with van der Waals surface area (Å²) < 4.78 is 13.5. The van der Waals surface area contributed by atoms with Gasteiger partial charge >= 0.3 is 0 Å². The molecule has 18 heavy (non-hydrogen) atoms. The lowest BCUT2D eigenvalue weighted by Crippen LogP contribution is -2.38. The van der Waals surface area contributed by atoms with Gasteiger partial charge in [-0.1, -0.05) is 17.7 Å². The number of nitrogens with zero attached hydrogens (tertiary/aromatic N) is 2. The van der Waals surface area contributed by atoms with Gasteiger partial charge in [0.25, 0.3) is 0 Å². The largest absolute Gasteiger partial charge is 0.327 e. The van der Waals surface area contributed by atoms with Crippen molar-refractivity contribution in [2.75, 3.05) is 6.54 Å². The van der Waals surface area contributed by atoms with Gasteiger partial charge in [0.1, 0.15) is 12.4 Å². The third-order valence-electron chi connectivity index (χ3n) is 2.57. The van der Waals surface area contributed by atoms with E-state index in [2.05, 4.69) is 0 Å². The summed E-state index contributed by atoms with van der Waals surface area (Å²) in [4.78, 5) is 13.4. The van der Waals surface area contributed by atoms with Crippen LogP contribution >= 0.6 is 11.6 Å². The van der Waals surface area contributed by atoms with E-state index in [4.69, 9.17) is 16.9 Å². The van der Waals surface area contributed by atoms with Gasteiger partial charge in [-0.25, -0.2) is 4.39 Å². The molecule has 1 amide bonds. The molecule has 5 heteroatoms. The van der Waals surface area contributed by atoms with Gasteiger partial charge < -0.3 is 4.90 Å². The molecule has 0 saturated carbocycles. The quantitative estimate of drug-likeness (QED) is 0.788. The molecule has 0 aromatic heterocycles. The summed E-state index contributed by atoms with van der Waals surface area (Å²) >= 11 is 5.86. The van der Waals surface area contributed by atoms with Crippen LogP contribution in [0, 0.1) is 17.1 Å². The van der Waals surface area contributed by atoms with Crippen LogP contribution in [-0.4, -0.2) is 23.4 Å². The van der Waals surface area contributed by atoms with Crippen LogP contribution in [0.1, 0.15) is 19.4 Å². The number of halogens is 2. The summed E-state index contributed by atoms with van der Waals surface area (Å²) in [5, 5.41) is 8.89. The maximum atomic E-state index is 13.5. The van der Waals surface area contributed by atoms with Crippen molar-refractivity contribution in [3.8, 4) is 6.07 Å². The van der Waals surface area contributed by atoms with E-state index in [0.29, 0.717) is 0 Å². The third-order valence-corrected chi connectivity index (χ3v) is 2.93. The summed E-state index contributed by atoms with van der Waals surface area (Å²) in [5.74, 6) is -0.810. The van der Waals surface area contributed by atoms with Crippen LogP contribution in [0.2, 0.25) is 5.02 Å². The number of hydrogen-bond donors (Lipinski definition) is 0. The number of carbonyl (C=O) groups is 1. The first-order valence-corrected chi connectivity index (χ1v) is 5.94. The summed E-state index contributed by atoms with van der Waals surface area (Å²) in [6.45, 7) is 3.60. The zero-order valence-electron chi connectivity index (χ0n) is 10.3. The lowest BCUT2D eigenvalue weighted by Gasteiger charge is -2.24. The molecule has 0 atom stereocenters. The van der Waals surface area contributed by atoms with E-state index in [1.807, 2.05) is 6.07 Å². The molecule has 0 radical (unpaired) electrons. The second-order valence-corrected chi connectivity index (χ2v) is 4.56. The van der Waals surface area contributed by atoms with E-state index >= 15 is 0 Å². The van der Waals surface area contributed by atoms with Gasteiger partial charge in [0.05, 0.1) is 12.5 Å². The average molecular weight is 269 g/mol. The Balaban J connectivity index is 2.90. The first-order chi connectivity index (χ1) is 8.47. The monoisotopic (exact) mass is 268 g/mol. The van der Waals surface area contributed by atoms with Crippen molar-refractivity contribution >= 4 is 17.5 Å². The number of benzene rings is 1. The van der Waals surface area contributed by atoms with E-state index in [9.17, 15) is 9.18 Å². The van der Waals surface area contributed by atoms with Crippen LogP contribution in [0.3, 0.4) is 0 Å². The van der Waals surface area contributed by atoms with Gasteiger partial charge in [-0.2, -0.15) is 5.26 Å².